The van der Waals surface area contributed by atoms with Crippen molar-refractivity contribution in [3.63, 3.8) is 0 Å². The molecule has 0 aromatic heterocycles. The average molecular weight is 145 g/mol. The lowest BCUT2D eigenvalue weighted by atomic mass is 10.2. The number of hydrogen-bond donors (Lipinski definition) is 1. The molecule has 0 saturated carbocycles. The largest absolute Gasteiger partial charge is 0.467 e. The maximum atomic E-state index is 10.8. The minimum atomic E-state index is -0.431. The number of nitrogens with two attached hydrogens (primary N) is 1. The fraction of sp³-hybridized carbons (Fsp3) is 0.833. The highest BCUT2D eigenvalue weighted by atomic mass is 16.6. The Morgan fingerprint density at radius 1 is 1.80 bits per heavy atom. The molecule has 0 aromatic rings. The summed E-state index contributed by atoms with van der Waals surface area (Å²) in [5.41, 5.74) is 5.48. The molecule has 10 heavy (non-hydrogen) atoms. The van der Waals surface area contributed by atoms with Crippen molar-refractivity contribution in [2.45, 2.75) is 18.6 Å². The van der Waals surface area contributed by atoms with Gasteiger partial charge in [-0.2, -0.15) is 0 Å². The van der Waals surface area contributed by atoms with E-state index in [-0.39, 0.29) is 12.0 Å². The maximum Gasteiger partial charge on any atom is 0.335 e. The second-order valence-corrected chi connectivity index (χ2v) is 2.34. The van der Waals surface area contributed by atoms with Gasteiger partial charge in [0.2, 0.25) is 0 Å². The first-order chi connectivity index (χ1) is 4.74. The van der Waals surface area contributed by atoms with E-state index < -0.39 is 6.10 Å². The van der Waals surface area contributed by atoms with Gasteiger partial charge in [0.05, 0.1) is 13.7 Å². The molecule has 0 radical (unpaired) electrons. The van der Waals surface area contributed by atoms with Gasteiger partial charge < -0.3 is 15.2 Å². The Balaban J connectivity index is 2.37. The van der Waals surface area contributed by atoms with Gasteiger partial charge in [0.1, 0.15) is 0 Å². The van der Waals surface area contributed by atoms with E-state index >= 15 is 0 Å². The standard InChI is InChI=1S/C6H11NO3/c1-9-6(8)5-2-4(7)3-10-5/h4-5H,2-3,7H2,1H3/t4-,5-/m0/s1. The van der Waals surface area contributed by atoms with E-state index in [0.717, 1.165) is 0 Å². The fourth-order valence-corrected chi connectivity index (χ4v) is 0.947. The van der Waals surface area contributed by atoms with Crippen molar-refractivity contribution in [2.24, 2.45) is 5.73 Å². The molecule has 4 nitrogen and oxygen atoms in total. The molecule has 1 fully saturated rings. The molecule has 1 saturated heterocycles. The molecular weight excluding hydrogens is 134 g/mol. The van der Waals surface area contributed by atoms with Crippen molar-refractivity contribution in [2.75, 3.05) is 13.7 Å². The first-order valence-corrected chi connectivity index (χ1v) is 3.19. The van der Waals surface area contributed by atoms with Gasteiger partial charge in [0.15, 0.2) is 6.10 Å². The number of carbonyl (C=O) groups excluding carboxylic acids is 1. The number of hydrogen-bond acceptors (Lipinski definition) is 4. The number of rotatable bonds is 1. The zero-order valence-corrected chi connectivity index (χ0v) is 5.87. The van der Waals surface area contributed by atoms with Crippen LogP contribution in [0.15, 0.2) is 0 Å². The smallest absolute Gasteiger partial charge is 0.335 e. The van der Waals surface area contributed by atoms with Gasteiger partial charge in [-0.15, -0.1) is 0 Å². The fourth-order valence-electron chi connectivity index (χ4n) is 0.947. The Morgan fingerprint density at radius 2 is 2.50 bits per heavy atom. The quantitative estimate of drug-likeness (QED) is 0.494. The average Bonchev–Trinajstić information content (AvgIpc) is 2.34. The zero-order valence-electron chi connectivity index (χ0n) is 5.87. The molecule has 0 aromatic carbocycles. The number of ether oxygens (including phenoxy) is 2. The van der Waals surface area contributed by atoms with Crippen LogP contribution in [-0.2, 0) is 14.3 Å². The van der Waals surface area contributed by atoms with E-state index in [1.165, 1.54) is 7.11 Å². The van der Waals surface area contributed by atoms with Crippen molar-refractivity contribution < 1.29 is 14.3 Å². The van der Waals surface area contributed by atoms with Crippen LogP contribution >= 0.6 is 0 Å². The van der Waals surface area contributed by atoms with Crippen LogP contribution in [0.4, 0.5) is 0 Å². The van der Waals surface area contributed by atoms with Crippen LogP contribution in [0.25, 0.3) is 0 Å². The molecule has 1 aliphatic heterocycles. The summed E-state index contributed by atoms with van der Waals surface area (Å²) in [5.74, 6) is -0.326. The Kier molecular flexibility index (Phi) is 2.24. The highest BCUT2D eigenvalue weighted by Crippen LogP contribution is 2.11. The summed E-state index contributed by atoms with van der Waals surface area (Å²) in [7, 11) is 1.34. The SMILES string of the molecule is COC(=O)[C@@H]1C[C@H](N)CO1. The summed E-state index contributed by atoms with van der Waals surface area (Å²) in [5, 5.41) is 0. The molecule has 2 atom stereocenters. The van der Waals surface area contributed by atoms with E-state index in [1.54, 1.807) is 0 Å². The first kappa shape index (κ1) is 7.50. The monoisotopic (exact) mass is 145 g/mol. The van der Waals surface area contributed by atoms with Crippen LogP contribution in [-0.4, -0.2) is 31.8 Å². The van der Waals surface area contributed by atoms with Gasteiger partial charge in [0.25, 0.3) is 0 Å². The molecule has 1 aliphatic rings. The number of methoxy groups -OCH3 is 1. The highest BCUT2D eigenvalue weighted by molar-refractivity contribution is 5.74. The Hall–Kier alpha value is -0.610. The molecule has 0 bridgehead atoms. The minimum absolute atomic E-state index is 0.0101. The van der Waals surface area contributed by atoms with Crippen molar-refractivity contribution in [3.8, 4) is 0 Å². The van der Waals surface area contributed by atoms with Gasteiger partial charge >= 0.3 is 5.97 Å². The van der Waals surface area contributed by atoms with Gasteiger partial charge in [0, 0.05) is 12.5 Å². The summed E-state index contributed by atoms with van der Waals surface area (Å²) >= 11 is 0. The maximum absolute atomic E-state index is 10.8. The molecule has 0 unspecified atom stereocenters. The van der Waals surface area contributed by atoms with Crippen molar-refractivity contribution >= 4 is 5.97 Å². The third-order valence-corrected chi connectivity index (χ3v) is 1.49. The van der Waals surface area contributed by atoms with Crippen LogP contribution in [0.3, 0.4) is 0 Å². The van der Waals surface area contributed by atoms with Crippen molar-refractivity contribution in [3.05, 3.63) is 0 Å². The lowest BCUT2D eigenvalue weighted by Crippen LogP contribution is -2.23. The molecule has 4 heteroatoms. The third-order valence-electron chi connectivity index (χ3n) is 1.49. The topological polar surface area (TPSA) is 61.5 Å². The van der Waals surface area contributed by atoms with Crippen LogP contribution in [0, 0.1) is 0 Å². The summed E-state index contributed by atoms with van der Waals surface area (Å²) in [6, 6.07) is -0.0101. The van der Waals surface area contributed by atoms with Gasteiger partial charge in [-0.05, 0) is 0 Å². The van der Waals surface area contributed by atoms with E-state index in [0.29, 0.717) is 13.0 Å². The zero-order chi connectivity index (χ0) is 7.56. The minimum Gasteiger partial charge on any atom is -0.467 e. The van der Waals surface area contributed by atoms with Crippen molar-refractivity contribution in [1.29, 1.82) is 0 Å². The Labute approximate surface area is 59.3 Å². The Bertz CT molecular complexity index is 137. The molecule has 2 N–H and O–H groups in total. The Morgan fingerprint density at radius 3 is 2.90 bits per heavy atom. The second kappa shape index (κ2) is 2.98. The van der Waals surface area contributed by atoms with Gasteiger partial charge in [-0.25, -0.2) is 4.79 Å². The summed E-state index contributed by atoms with van der Waals surface area (Å²) < 4.78 is 9.48. The van der Waals surface area contributed by atoms with E-state index in [9.17, 15) is 4.79 Å². The van der Waals surface area contributed by atoms with Crippen molar-refractivity contribution in [1.82, 2.24) is 0 Å². The lowest BCUT2D eigenvalue weighted by molar-refractivity contribution is -0.151. The first-order valence-electron chi connectivity index (χ1n) is 3.19. The number of carbonyl (C=O) groups is 1. The molecule has 1 rings (SSSR count). The molecule has 0 amide bonds. The molecule has 1 heterocycles. The predicted octanol–water partition coefficient (Wildman–Crippen LogP) is -0.724. The predicted molar refractivity (Wildman–Crippen MR) is 34.3 cm³/mol. The summed E-state index contributed by atoms with van der Waals surface area (Å²) in [6.45, 7) is 0.458. The molecule has 0 spiro atoms. The van der Waals surface area contributed by atoms with E-state index in [1.807, 2.05) is 0 Å². The summed E-state index contributed by atoms with van der Waals surface area (Å²) in [6.07, 6.45) is 0.146. The molecule has 58 valence electrons. The van der Waals surface area contributed by atoms with Crippen LogP contribution in [0.2, 0.25) is 0 Å². The molecular formula is C6H11NO3. The normalized spacial score (nSPS) is 32.2. The van der Waals surface area contributed by atoms with Crippen LogP contribution in [0.1, 0.15) is 6.42 Å². The molecule has 0 aliphatic carbocycles. The lowest BCUT2D eigenvalue weighted by Gasteiger charge is -2.04. The van der Waals surface area contributed by atoms with E-state index in [2.05, 4.69) is 4.74 Å². The second-order valence-electron chi connectivity index (χ2n) is 2.34. The van der Waals surface area contributed by atoms with Gasteiger partial charge in [-0.3, -0.25) is 0 Å². The highest BCUT2D eigenvalue weighted by Gasteiger charge is 2.29. The summed E-state index contributed by atoms with van der Waals surface area (Å²) in [4.78, 5) is 10.8. The van der Waals surface area contributed by atoms with Crippen LogP contribution in [0.5, 0.6) is 0 Å². The number of esters is 1. The van der Waals surface area contributed by atoms with E-state index in [4.69, 9.17) is 10.5 Å². The third kappa shape index (κ3) is 1.46. The van der Waals surface area contributed by atoms with Gasteiger partial charge in [-0.1, -0.05) is 0 Å². The van der Waals surface area contributed by atoms with Crippen LogP contribution < -0.4 is 5.73 Å².